The number of carbonyl (C=O) groups excluding carboxylic acids is 1. The Bertz CT molecular complexity index is 602. The second-order valence-corrected chi connectivity index (χ2v) is 5.05. The minimum absolute atomic E-state index is 0.224. The van der Waals surface area contributed by atoms with Gasteiger partial charge in [0.05, 0.1) is 6.54 Å². The molecule has 0 unspecified atom stereocenters. The summed E-state index contributed by atoms with van der Waals surface area (Å²) in [6.45, 7) is 2.99. The maximum Gasteiger partial charge on any atom is 0.223 e. The Morgan fingerprint density at radius 1 is 1.26 bits per heavy atom. The Kier molecular flexibility index (Phi) is 3.25. The quantitative estimate of drug-likeness (QED) is 0.910. The molecule has 1 aromatic carbocycles. The molecule has 1 aromatic heterocycles. The number of carbonyl (C=O) groups is 1. The fourth-order valence-electron chi connectivity index (χ4n) is 2.78. The standard InChI is InChI=1S/C15H19N3O/c16-7-3-6-15(19)17-8-9-18-13(11-17)10-12-4-1-2-5-14(12)18/h1-2,4-5,10H,3,6-9,11,16H2. The first-order chi connectivity index (χ1) is 9.29. The average molecular weight is 257 g/mol. The maximum absolute atomic E-state index is 12.0. The van der Waals surface area contributed by atoms with E-state index in [0.717, 1.165) is 26.1 Å². The molecule has 2 heterocycles. The van der Waals surface area contributed by atoms with Crippen LogP contribution in [0.4, 0.5) is 0 Å². The van der Waals surface area contributed by atoms with Crippen molar-refractivity contribution in [2.45, 2.75) is 25.9 Å². The summed E-state index contributed by atoms with van der Waals surface area (Å²) in [5.74, 6) is 0.224. The van der Waals surface area contributed by atoms with Gasteiger partial charge in [0.1, 0.15) is 0 Å². The Morgan fingerprint density at radius 2 is 2.11 bits per heavy atom. The number of rotatable bonds is 3. The predicted molar refractivity (Wildman–Crippen MR) is 75.6 cm³/mol. The van der Waals surface area contributed by atoms with Gasteiger partial charge >= 0.3 is 0 Å². The normalized spacial score (nSPS) is 14.7. The predicted octanol–water partition coefficient (Wildman–Crippen LogP) is 1.72. The Morgan fingerprint density at radius 3 is 2.95 bits per heavy atom. The van der Waals surface area contributed by atoms with Gasteiger partial charge in [-0.3, -0.25) is 4.79 Å². The van der Waals surface area contributed by atoms with E-state index in [1.54, 1.807) is 0 Å². The molecule has 2 aromatic rings. The first-order valence-corrected chi connectivity index (χ1v) is 6.84. The molecule has 0 aliphatic carbocycles. The summed E-state index contributed by atoms with van der Waals surface area (Å²) in [4.78, 5) is 14.0. The third-order valence-electron chi connectivity index (χ3n) is 3.79. The molecule has 0 saturated heterocycles. The Balaban J connectivity index is 1.82. The molecular weight excluding hydrogens is 238 g/mol. The lowest BCUT2D eigenvalue weighted by molar-refractivity contribution is -0.132. The van der Waals surface area contributed by atoms with Crippen LogP contribution in [0.1, 0.15) is 18.5 Å². The zero-order valence-electron chi connectivity index (χ0n) is 11.0. The number of fused-ring (bicyclic) bond motifs is 3. The van der Waals surface area contributed by atoms with Crippen molar-refractivity contribution in [1.29, 1.82) is 0 Å². The van der Waals surface area contributed by atoms with E-state index < -0.39 is 0 Å². The van der Waals surface area contributed by atoms with E-state index in [4.69, 9.17) is 5.73 Å². The maximum atomic E-state index is 12.0. The third-order valence-corrected chi connectivity index (χ3v) is 3.79. The highest BCUT2D eigenvalue weighted by Crippen LogP contribution is 2.24. The number of nitrogens with two attached hydrogens (primary N) is 1. The number of para-hydroxylation sites is 1. The zero-order chi connectivity index (χ0) is 13.2. The molecular formula is C15H19N3O. The van der Waals surface area contributed by atoms with Crippen LogP contribution in [0.15, 0.2) is 30.3 Å². The van der Waals surface area contributed by atoms with Gasteiger partial charge in [-0.1, -0.05) is 18.2 Å². The number of benzene rings is 1. The van der Waals surface area contributed by atoms with Gasteiger partial charge in [-0.15, -0.1) is 0 Å². The van der Waals surface area contributed by atoms with E-state index in [1.807, 2.05) is 4.90 Å². The van der Waals surface area contributed by atoms with Crippen molar-refractivity contribution in [2.24, 2.45) is 5.73 Å². The summed E-state index contributed by atoms with van der Waals surface area (Å²) in [5, 5.41) is 1.26. The lowest BCUT2D eigenvalue weighted by Crippen LogP contribution is -2.38. The lowest BCUT2D eigenvalue weighted by atomic mass is 10.2. The van der Waals surface area contributed by atoms with E-state index in [9.17, 15) is 4.79 Å². The van der Waals surface area contributed by atoms with Crippen molar-refractivity contribution in [3.63, 3.8) is 0 Å². The van der Waals surface area contributed by atoms with Crippen LogP contribution in [0.2, 0.25) is 0 Å². The summed E-state index contributed by atoms with van der Waals surface area (Å²) in [6.07, 6.45) is 1.34. The molecule has 2 N–H and O–H groups in total. The highest BCUT2D eigenvalue weighted by atomic mass is 16.2. The van der Waals surface area contributed by atoms with Crippen LogP contribution < -0.4 is 5.73 Å². The molecule has 1 amide bonds. The molecule has 0 radical (unpaired) electrons. The first-order valence-electron chi connectivity index (χ1n) is 6.84. The number of nitrogens with zero attached hydrogens (tertiary/aromatic N) is 2. The molecule has 4 heteroatoms. The van der Waals surface area contributed by atoms with Gasteiger partial charge < -0.3 is 15.2 Å². The molecule has 100 valence electrons. The molecule has 19 heavy (non-hydrogen) atoms. The van der Waals surface area contributed by atoms with Crippen LogP contribution in [0, 0.1) is 0 Å². The summed E-state index contributed by atoms with van der Waals surface area (Å²) in [5.41, 5.74) is 7.96. The van der Waals surface area contributed by atoms with Gasteiger partial charge in [-0.2, -0.15) is 0 Å². The van der Waals surface area contributed by atoms with Crippen LogP contribution in [0.5, 0.6) is 0 Å². The Hall–Kier alpha value is -1.81. The minimum atomic E-state index is 0.224. The highest BCUT2D eigenvalue weighted by Gasteiger charge is 2.21. The van der Waals surface area contributed by atoms with Crippen molar-refractivity contribution in [2.75, 3.05) is 13.1 Å². The molecule has 4 nitrogen and oxygen atoms in total. The number of hydrogen-bond acceptors (Lipinski definition) is 2. The van der Waals surface area contributed by atoms with Crippen LogP contribution in [0.3, 0.4) is 0 Å². The average Bonchev–Trinajstić information content (AvgIpc) is 2.82. The van der Waals surface area contributed by atoms with Crippen molar-refractivity contribution in [3.8, 4) is 0 Å². The molecule has 3 rings (SSSR count). The van der Waals surface area contributed by atoms with E-state index in [1.165, 1.54) is 16.6 Å². The van der Waals surface area contributed by atoms with Crippen molar-refractivity contribution < 1.29 is 4.79 Å². The number of amides is 1. The van der Waals surface area contributed by atoms with E-state index in [2.05, 4.69) is 34.9 Å². The Labute approximate surface area is 112 Å². The lowest BCUT2D eigenvalue weighted by Gasteiger charge is -2.29. The SMILES string of the molecule is NCCCC(=O)N1CCn2c(cc3ccccc32)C1. The van der Waals surface area contributed by atoms with Gasteiger partial charge in [0.2, 0.25) is 5.91 Å². The zero-order valence-corrected chi connectivity index (χ0v) is 11.0. The summed E-state index contributed by atoms with van der Waals surface area (Å²) < 4.78 is 2.32. The van der Waals surface area contributed by atoms with E-state index >= 15 is 0 Å². The van der Waals surface area contributed by atoms with Crippen molar-refractivity contribution >= 4 is 16.8 Å². The van der Waals surface area contributed by atoms with Crippen LogP contribution in [-0.4, -0.2) is 28.5 Å². The second kappa shape index (κ2) is 5.05. The number of hydrogen-bond donors (Lipinski definition) is 1. The van der Waals surface area contributed by atoms with Gasteiger partial charge in [0.25, 0.3) is 0 Å². The highest BCUT2D eigenvalue weighted by molar-refractivity contribution is 5.82. The third kappa shape index (κ3) is 2.24. The topological polar surface area (TPSA) is 51.3 Å². The smallest absolute Gasteiger partial charge is 0.223 e. The number of aromatic nitrogens is 1. The molecule has 0 spiro atoms. The minimum Gasteiger partial charge on any atom is -0.341 e. The van der Waals surface area contributed by atoms with Gasteiger partial charge in [-0.05, 0) is 30.5 Å². The second-order valence-electron chi connectivity index (χ2n) is 5.05. The van der Waals surface area contributed by atoms with Crippen LogP contribution in [-0.2, 0) is 17.9 Å². The fourth-order valence-corrected chi connectivity index (χ4v) is 2.78. The summed E-state index contributed by atoms with van der Waals surface area (Å²) >= 11 is 0. The monoisotopic (exact) mass is 257 g/mol. The molecule has 0 saturated carbocycles. The van der Waals surface area contributed by atoms with Gasteiger partial charge in [0.15, 0.2) is 0 Å². The van der Waals surface area contributed by atoms with E-state index in [-0.39, 0.29) is 5.91 Å². The molecule has 1 aliphatic rings. The largest absolute Gasteiger partial charge is 0.341 e. The van der Waals surface area contributed by atoms with Gasteiger partial charge in [-0.25, -0.2) is 0 Å². The molecule has 1 aliphatic heterocycles. The summed E-state index contributed by atoms with van der Waals surface area (Å²) in [7, 11) is 0. The van der Waals surface area contributed by atoms with Crippen molar-refractivity contribution in [3.05, 3.63) is 36.0 Å². The van der Waals surface area contributed by atoms with E-state index in [0.29, 0.717) is 13.0 Å². The van der Waals surface area contributed by atoms with Crippen LogP contribution >= 0.6 is 0 Å². The fraction of sp³-hybridized carbons (Fsp3) is 0.400. The molecule has 0 bridgehead atoms. The molecule has 0 fully saturated rings. The van der Waals surface area contributed by atoms with Crippen molar-refractivity contribution in [1.82, 2.24) is 9.47 Å². The summed E-state index contributed by atoms with van der Waals surface area (Å²) in [6, 6.07) is 10.6. The van der Waals surface area contributed by atoms with Crippen LogP contribution in [0.25, 0.3) is 10.9 Å². The first kappa shape index (κ1) is 12.2. The molecule has 0 atom stereocenters. The van der Waals surface area contributed by atoms with Gasteiger partial charge in [0, 0.05) is 30.7 Å².